The van der Waals surface area contributed by atoms with Crippen LogP contribution in [0.4, 0.5) is 4.39 Å². The van der Waals surface area contributed by atoms with Gasteiger partial charge in [-0.1, -0.05) is 11.6 Å². The SMILES string of the molecule is Cc1cc(S(=O)(=O)NCC2CCCOC2)c(Cl)cc1F. The van der Waals surface area contributed by atoms with Crippen molar-refractivity contribution in [3.8, 4) is 0 Å². The van der Waals surface area contributed by atoms with E-state index in [2.05, 4.69) is 4.72 Å². The van der Waals surface area contributed by atoms with Crippen LogP contribution in [-0.2, 0) is 14.8 Å². The van der Waals surface area contributed by atoms with Crippen LogP contribution >= 0.6 is 11.6 Å². The molecule has 1 unspecified atom stereocenters. The average molecular weight is 322 g/mol. The Kier molecular flexibility index (Phi) is 5.01. The lowest BCUT2D eigenvalue weighted by molar-refractivity contribution is 0.0568. The summed E-state index contributed by atoms with van der Waals surface area (Å²) in [6.45, 7) is 3.08. The molecule has 0 bridgehead atoms. The van der Waals surface area contributed by atoms with Crippen LogP contribution in [0.2, 0.25) is 5.02 Å². The van der Waals surface area contributed by atoms with Crippen LogP contribution in [-0.4, -0.2) is 28.2 Å². The lowest BCUT2D eigenvalue weighted by Gasteiger charge is -2.22. The molecule has 0 saturated carbocycles. The van der Waals surface area contributed by atoms with Crippen molar-refractivity contribution in [3.63, 3.8) is 0 Å². The number of hydrogen-bond acceptors (Lipinski definition) is 3. The molecule has 1 N–H and O–H groups in total. The zero-order chi connectivity index (χ0) is 14.8. The van der Waals surface area contributed by atoms with Gasteiger partial charge in [0, 0.05) is 13.2 Å². The normalized spacial score (nSPS) is 20.1. The third-order valence-corrected chi connectivity index (χ3v) is 5.21. The van der Waals surface area contributed by atoms with Gasteiger partial charge in [-0.15, -0.1) is 0 Å². The monoisotopic (exact) mass is 321 g/mol. The molecular weight excluding hydrogens is 305 g/mol. The summed E-state index contributed by atoms with van der Waals surface area (Å²) in [5.41, 5.74) is 0.246. The number of aryl methyl sites for hydroxylation is 1. The lowest BCUT2D eigenvalue weighted by Crippen LogP contribution is -2.33. The van der Waals surface area contributed by atoms with Gasteiger partial charge in [-0.25, -0.2) is 17.5 Å². The molecule has 0 radical (unpaired) electrons. The molecule has 0 spiro atoms. The molecule has 1 fully saturated rings. The van der Waals surface area contributed by atoms with Gasteiger partial charge in [-0.2, -0.15) is 0 Å². The molecule has 0 aliphatic carbocycles. The smallest absolute Gasteiger partial charge is 0.242 e. The number of halogens is 2. The topological polar surface area (TPSA) is 55.4 Å². The summed E-state index contributed by atoms with van der Waals surface area (Å²) in [6.07, 6.45) is 1.86. The highest BCUT2D eigenvalue weighted by molar-refractivity contribution is 7.89. The Labute approximate surface area is 123 Å². The lowest BCUT2D eigenvalue weighted by atomic mass is 10.0. The van der Waals surface area contributed by atoms with Gasteiger partial charge in [0.1, 0.15) is 10.7 Å². The molecular formula is C13H17ClFNO3S. The standard InChI is InChI=1S/C13H17ClFNO3S/c1-9-5-13(11(14)6-12(9)15)20(17,18)16-7-10-3-2-4-19-8-10/h5-6,10,16H,2-4,7-8H2,1H3. The van der Waals surface area contributed by atoms with E-state index in [1.807, 2.05) is 0 Å². The van der Waals surface area contributed by atoms with E-state index >= 15 is 0 Å². The van der Waals surface area contributed by atoms with Gasteiger partial charge in [0.2, 0.25) is 10.0 Å². The van der Waals surface area contributed by atoms with Crippen molar-refractivity contribution in [3.05, 3.63) is 28.5 Å². The first-order valence-electron chi connectivity index (χ1n) is 6.43. The molecule has 0 aromatic heterocycles. The van der Waals surface area contributed by atoms with E-state index in [1.165, 1.54) is 13.0 Å². The highest BCUT2D eigenvalue weighted by Crippen LogP contribution is 2.25. The van der Waals surface area contributed by atoms with E-state index in [1.54, 1.807) is 0 Å². The van der Waals surface area contributed by atoms with Crippen molar-refractivity contribution >= 4 is 21.6 Å². The summed E-state index contributed by atoms with van der Waals surface area (Å²) >= 11 is 5.82. The van der Waals surface area contributed by atoms with Gasteiger partial charge in [0.05, 0.1) is 11.6 Å². The molecule has 1 heterocycles. The van der Waals surface area contributed by atoms with E-state index < -0.39 is 15.8 Å². The van der Waals surface area contributed by atoms with Gasteiger partial charge in [-0.3, -0.25) is 0 Å². The molecule has 4 nitrogen and oxygen atoms in total. The zero-order valence-corrected chi connectivity index (χ0v) is 12.7. The van der Waals surface area contributed by atoms with Crippen LogP contribution in [0.1, 0.15) is 18.4 Å². The predicted octanol–water partition coefficient (Wildman–Crippen LogP) is 2.49. The molecule has 20 heavy (non-hydrogen) atoms. The fourth-order valence-corrected chi connectivity index (χ4v) is 3.82. The first-order valence-corrected chi connectivity index (χ1v) is 8.29. The predicted molar refractivity (Wildman–Crippen MR) is 74.9 cm³/mol. The Morgan fingerprint density at radius 3 is 2.90 bits per heavy atom. The second-order valence-corrected chi connectivity index (χ2v) is 7.11. The third kappa shape index (κ3) is 3.69. The van der Waals surface area contributed by atoms with Crippen LogP contribution in [0, 0.1) is 18.7 Å². The molecule has 1 aromatic rings. The highest BCUT2D eigenvalue weighted by atomic mass is 35.5. The second-order valence-electron chi connectivity index (χ2n) is 4.97. The first-order chi connectivity index (χ1) is 9.40. The van der Waals surface area contributed by atoms with Gasteiger partial charge >= 0.3 is 0 Å². The zero-order valence-electron chi connectivity index (χ0n) is 11.2. The van der Waals surface area contributed by atoms with Crippen LogP contribution in [0.5, 0.6) is 0 Å². The van der Waals surface area contributed by atoms with E-state index in [0.29, 0.717) is 13.2 Å². The van der Waals surface area contributed by atoms with Crippen molar-refractivity contribution in [2.75, 3.05) is 19.8 Å². The van der Waals surface area contributed by atoms with Crippen molar-refractivity contribution < 1.29 is 17.5 Å². The fraction of sp³-hybridized carbons (Fsp3) is 0.538. The van der Waals surface area contributed by atoms with Crippen molar-refractivity contribution in [1.82, 2.24) is 4.72 Å². The van der Waals surface area contributed by atoms with Gasteiger partial charge in [0.15, 0.2) is 0 Å². The average Bonchev–Trinajstić information content (AvgIpc) is 2.42. The third-order valence-electron chi connectivity index (χ3n) is 3.32. The molecule has 1 saturated heterocycles. The van der Waals surface area contributed by atoms with E-state index in [9.17, 15) is 12.8 Å². The van der Waals surface area contributed by atoms with Crippen LogP contribution in [0.25, 0.3) is 0 Å². The summed E-state index contributed by atoms with van der Waals surface area (Å²) in [5, 5.41) is -0.111. The fourth-order valence-electron chi connectivity index (χ4n) is 2.11. The Balaban J connectivity index is 2.11. The van der Waals surface area contributed by atoms with Gasteiger partial charge in [-0.05, 0) is 43.4 Å². The molecule has 112 valence electrons. The molecule has 1 atom stereocenters. The maximum atomic E-state index is 13.3. The van der Waals surface area contributed by atoms with E-state index in [4.69, 9.17) is 16.3 Å². The Morgan fingerprint density at radius 2 is 2.25 bits per heavy atom. The van der Waals surface area contributed by atoms with Crippen LogP contribution in [0.15, 0.2) is 17.0 Å². The molecule has 1 aliphatic heterocycles. The minimum absolute atomic E-state index is 0.0882. The maximum absolute atomic E-state index is 13.3. The van der Waals surface area contributed by atoms with Crippen molar-refractivity contribution in [1.29, 1.82) is 0 Å². The minimum Gasteiger partial charge on any atom is -0.381 e. The number of hydrogen-bond donors (Lipinski definition) is 1. The number of benzene rings is 1. The quantitative estimate of drug-likeness (QED) is 0.927. The Bertz CT molecular complexity index is 586. The molecule has 1 aliphatic rings. The summed E-state index contributed by atoms with van der Waals surface area (Å²) in [6, 6.07) is 2.27. The van der Waals surface area contributed by atoms with Gasteiger partial charge < -0.3 is 4.74 Å². The number of ether oxygens (including phenoxy) is 1. The summed E-state index contributed by atoms with van der Waals surface area (Å²) in [7, 11) is -3.73. The van der Waals surface area contributed by atoms with Crippen molar-refractivity contribution in [2.24, 2.45) is 5.92 Å². The highest BCUT2D eigenvalue weighted by Gasteiger charge is 2.22. The number of nitrogens with one attached hydrogen (secondary N) is 1. The molecule has 0 amide bonds. The van der Waals surface area contributed by atoms with E-state index in [0.717, 1.165) is 25.5 Å². The first kappa shape index (κ1) is 15.7. The second kappa shape index (κ2) is 6.39. The summed E-state index contributed by atoms with van der Waals surface area (Å²) in [4.78, 5) is -0.0882. The molecule has 1 aromatic carbocycles. The molecule has 2 rings (SSSR count). The maximum Gasteiger partial charge on any atom is 0.242 e. The van der Waals surface area contributed by atoms with Crippen molar-refractivity contribution in [2.45, 2.75) is 24.7 Å². The Morgan fingerprint density at radius 1 is 1.50 bits per heavy atom. The number of sulfonamides is 1. The van der Waals surface area contributed by atoms with Crippen LogP contribution in [0.3, 0.4) is 0 Å². The largest absolute Gasteiger partial charge is 0.381 e. The summed E-state index contributed by atoms with van der Waals surface area (Å²) < 4.78 is 45.5. The minimum atomic E-state index is -3.73. The van der Waals surface area contributed by atoms with Crippen LogP contribution < -0.4 is 4.72 Å². The number of rotatable bonds is 4. The Hall–Kier alpha value is -0.690. The molecule has 7 heteroatoms. The van der Waals surface area contributed by atoms with Gasteiger partial charge in [0.25, 0.3) is 0 Å². The van der Waals surface area contributed by atoms with E-state index in [-0.39, 0.29) is 21.4 Å². The summed E-state index contributed by atoms with van der Waals surface area (Å²) in [5.74, 6) is -0.353.